The summed E-state index contributed by atoms with van der Waals surface area (Å²) in [6.45, 7) is 9.68. The van der Waals surface area contributed by atoms with Gasteiger partial charge in [-0.2, -0.15) is 0 Å². The van der Waals surface area contributed by atoms with Crippen molar-refractivity contribution in [3.05, 3.63) is 18.2 Å². The fraction of sp³-hybridized carbons (Fsp3) is 0.588. The molecular formula is C17H27N3O3. The minimum absolute atomic E-state index is 0.0461. The summed E-state index contributed by atoms with van der Waals surface area (Å²) in [6.07, 6.45) is -0.260. The minimum atomic E-state index is -0.481. The summed E-state index contributed by atoms with van der Waals surface area (Å²) in [5.74, 6) is 0.686. The normalized spacial score (nSPS) is 18.7. The summed E-state index contributed by atoms with van der Waals surface area (Å²) in [6, 6.07) is 5.77. The number of nitrogen functional groups attached to an aromatic ring is 1. The molecule has 0 unspecified atom stereocenters. The number of nitrogens with zero attached hydrogens (tertiary/aromatic N) is 2. The lowest BCUT2D eigenvalue weighted by Crippen LogP contribution is -2.55. The first-order chi connectivity index (χ1) is 10.7. The Bertz CT molecular complexity index is 569. The third-order valence-corrected chi connectivity index (χ3v) is 3.83. The monoisotopic (exact) mass is 321 g/mol. The molecule has 0 aliphatic carbocycles. The van der Waals surface area contributed by atoms with Crippen LogP contribution in [0, 0.1) is 0 Å². The summed E-state index contributed by atoms with van der Waals surface area (Å²) < 4.78 is 10.9. The second kappa shape index (κ2) is 6.56. The number of carbonyl (C=O) groups excluding carboxylic acids is 1. The molecular weight excluding hydrogens is 294 g/mol. The Morgan fingerprint density at radius 3 is 2.57 bits per heavy atom. The molecule has 0 bridgehead atoms. The highest BCUT2D eigenvalue weighted by Gasteiger charge is 2.31. The van der Waals surface area contributed by atoms with Crippen molar-refractivity contribution in [1.29, 1.82) is 0 Å². The molecule has 1 aromatic carbocycles. The van der Waals surface area contributed by atoms with Crippen LogP contribution in [-0.4, -0.2) is 49.4 Å². The predicted molar refractivity (Wildman–Crippen MR) is 92.0 cm³/mol. The standard InChI is InChI=1S/C17H27N3O3/c1-12-11-19(14-8-6-7-13(18)15(14)22-5)9-10-20(12)16(21)23-17(2,3)4/h6-8,12H,9-11,18H2,1-5H3/t12-/m1/s1. The van der Waals surface area contributed by atoms with Gasteiger partial charge in [0.2, 0.25) is 0 Å². The van der Waals surface area contributed by atoms with E-state index < -0.39 is 5.60 Å². The Hall–Kier alpha value is -2.11. The number of hydrogen-bond acceptors (Lipinski definition) is 5. The fourth-order valence-corrected chi connectivity index (χ4v) is 2.78. The highest BCUT2D eigenvalue weighted by Crippen LogP contribution is 2.35. The zero-order chi connectivity index (χ0) is 17.2. The van der Waals surface area contributed by atoms with E-state index in [0.717, 1.165) is 5.69 Å². The van der Waals surface area contributed by atoms with Gasteiger partial charge in [0.15, 0.2) is 5.75 Å². The van der Waals surface area contributed by atoms with Crippen LogP contribution in [0.25, 0.3) is 0 Å². The second-order valence-corrected chi connectivity index (χ2v) is 6.87. The molecule has 6 heteroatoms. The molecule has 1 fully saturated rings. The maximum Gasteiger partial charge on any atom is 0.410 e. The largest absolute Gasteiger partial charge is 0.492 e. The number of ether oxygens (including phenoxy) is 2. The second-order valence-electron chi connectivity index (χ2n) is 6.87. The lowest BCUT2D eigenvalue weighted by Gasteiger charge is -2.41. The van der Waals surface area contributed by atoms with Crippen molar-refractivity contribution in [1.82, 2.24) is 4.90 Å². The quantitative estimate of drug-likeness (QED) is 0.848. The van der Waals surface area contributed by atoms with Crippen molar-refractivity contribution in [2.45, 2.75) is 39.3 Å². The van der Waals surface area contributed by atoms with Crippen molar-refractivity contribution in [3.63, 3.8) is 0 Å². The van der Waals surface area contributed by atoms with Gasteiger partial charge in [0.05, 0.1) is 18.5 Å². The van der Waals surface area contributed by atoms with Crippen LogP contribution in [-0.2, 0) is 4.74 Å². The average Bonchev–Trinajstić information content (AvgIpc) is 2.44. The SMILES string of the molecule is COc1c(N)cccc1N1CCN(C(=O)OC(C)(C)C)[C@H](C)C1. The molecule has 1 amide bonds. The Morgan fingerprint density at radius 2 is 2.00 bits per heavy atom. The first-order valence-corrected chi connectivity index (χ1v) is 7.90. The zero-order valence-corrected chi connectivity index (χ0v) is 14.6. The molecule has 1 aromatic rings. The van der Waals surface area contributed by atoms with Gasteiger partial charge in [0.1, 0.15) is 5.60 Å². The van der Waals surface area contributed by atoms with Crippen molar-refractivity contribution in [2.75, 3.05) is 37.4 Å². The van der Waals surface area contributed by atoms with E-state index in [1.54, 1.807) is 12.0 Å². The highest BCUT2D eigenvalue weighted by atomic mass is 16.6. The molecule has 1 aliphatic rings. The van der Waals surface area contributed by atoms with Crippen molar-refractivity contribution >= 4 is 17.5 Å². The number of amides is 1. The third-order valence-electron chi connectivity index (χ3n) is 3.83. The van der Waals surface area contributed by atoms with E-state index in [0.29, 0.717) is 31.1 Å². The number of piperazine rings is 1. The molecule has 6 nitrogen and oxygen atoms in total. The van der Waals surface area contributed by atoms with Gasteiger partial charge in [-0.05, 0) is 39.8 Å². The van der Waals surface area contributed by atoms with Crippen LogP contribution in [0.4, 0.5) is 16.2 Å². The van der Waals surface area contributed by atoms with Gasteiger partial charge in [-0.25, -0.2) is 4.79 Å². The van der Waals surface area contributed by atoms with Crippen LogP contribution in [0.1, 0.15) is 27.7 Å². The minimum Gasteiger partial charge on any atom is -0.492 e. The van der Waals surface area contributed by atoms with Crippen LogP contribution in [0.3, 0.4) is 0 Å². The zero-order valence-electron chi connectivity index (χ0n) is 14.6. The summed E-state index contributed by atoms with van der Waals surface area (Å²) in [7, 11) is 1.62. The Morgan fingerprint density at radius 1 is 1.30 bits per heavy atom. The van der Waals surface area contributed by atoms with Gasteiger partial charge < -0.3 is 25.0 Å². The van der Waals surface area contributed by atoms with E-state index in [1.165, 1.54) is 0 Å². The van der Waals surface area contributed by atoms with Crippen molar-refractivity contribution in [2.24, 2.45) is 0 Å². The number of anilines is 2. The molecule has 2 N–H and O–H groups in total. The first kappa shape index (κ1) is 17.2. The number of rotatable bonds is 2. The van der Waals surface area contributed by atoms with E-state index in [-0.39, 0.29) is 12.1 Å². The van der Waals surface area contributed by atoms with E-state index in [9.17, 15) is 4.79 Å². The van der Waals surface area contributed by atoms with Gasteiger partial charge in [-0.1, -0.05) is 6.07 Å². The summed E-state index contributed by atoms with van der Waals surface area (Å²) in [5.41, 5.74) is 7.08. The van der Waals surface area contributed by atoms with Gasteiger partial charge in [0, 0.05) is 25.7 Å². The van der Waals surface area contributed by atoms with Gasteiger partial charge in [-0.15, -0.1) is 0 Å². The molecule has 1 heterocycles. The number of para-hydroxylation sites is 1. The average molecular weight is 321 g/mol. The molecule has 2 rings (SSSR count). The van der Waals surface area contributed by atoms with Gasteiger partial charge in [0.25, 0.3) is 0 Å². The first-order valence-electron chi connectivity index (χ1n) is 7.90. The van der Waals surface area contributed by atoms with Gasteiger partial charge >= 0.3 is 6.09 Å². The Labute approximate surface area is 138 Å². The molecule has 128 valence electrons. The van der Waals surface area contributed by atoms with Gasteiger partial charge in [-0.3, -0.25) is 0 Å². The van der Waals surface area contributed by atoms with E-state index in [1.807, 2.05) is 45.9 Å². The summed E-state index contributed by atoms with van der Waals surface area (Å²) >= 11 is 0. The van der Waals surface area contributed by atoms with E-state index in [4.69, 9.17) is 15.2 Å². The number of methoxy groups -OCH3 is 1. The topological polar surface area (TPSA) is 68.0 Å². The Balaban J connectivity index is 2.10. The summed E-state index contributed by atoms with van der Waals surface area (Å²) in [4.78, 5) is 16.3. The highest BCUT2D eigenvalue weighted by molar-refractivity contribution is 5.72. The van der Waals surface area contributed by atoms with E-state index >= 15 is 0 Å². The molecule has 0 spiro atoms. The van der Waals surface area contributed by atoms with Crippen LogP contribution < -0.4 is 15.4 Å². The molecule has 0 radical (unpaired) electrons. The molecule has 0 aromatic heterocycles. The number of carbonyl (C=O) groups is 1. The molecule has 1 atom stereocenters. The van der Waals surface area contributed by atoms with Crippen molar-refractivity contribution < 1.29 is 14.3 Å². The maximum absolute atomic E-state index is 12.3. The molecule has 1 aliphatic heterocycles. The lowest BCUT2D eigenvalue weighted by atomic mass is 10.1. The number of benzene rings is 1. The smallest absolute Gasteiger partial charge is 0.410 e. The molecule has 0 saturated carbocycles. The van der Waals surface area contributed by atoms with Crippen molar-refractivity contribution in [3.8, 4) is 5.75 Å². The van der Waals surface area contributed by atoms with Crippen LogP contribution >= 0.6 is 0 Å². The Kier molecular flexibility index (Phi) is 4.92. The summed E-state index contributed by atoms with van der Waals surface area (Å²) in [5, 5.41) is 0. The van der Waals surface area contributed by atoms with Crippen LogP contribution in [0.5, 0.6) is 5.75 Å². The molecule has 23 heavy (non-hydrogen) atoms. The number of hydrogen-bond donors (Lipinski definition) is 1. The predicted octanol–water partition coefficient (Wildman–Crippen LogP) is 2.72. The lowest BCUT2D eigenvalue weighted by molar-refractivity contribution is 0.0159. The number of nitrogens with two attached hydrogens (primary N) is 1. The van der Waals surface area contributed by atoms with Crippen LogP contribution in [0.15, 0.2) is 18.2 Å². The van der Waals surface area contributed by atoms with E-state index in [2.05, 4.69) is 4.90 Å². The third kappa shape index (κ3) is 4.00. The van der Waals surface area contributed by atoms with Crippen LogP contribution in [0.2, 0.25) is 0 Å². The molecule has 1 saturated heterocycles. The maximum atomic E-state index is 12.3. The fourth-order valence-electron chi connectivity index (χ4n) is 2.78.